The number of nitrogens with zero attached hydrogens (tertiary/aromatic N) is 1. The second-order valence-corrected chi connectivity index (χ2v) is 6.87. The van der Waals surface area contributed by atoms with Crippen molar-refractivity contribution in [1.82, 2.24) is 4.98 Å². The Hall–Kier alpha value is -1.74. The van der Waals surface area contributed by atoms with E-state index in [-0.39, 0.29) is 5.82 Å². The summed E-state index contributed by atoms with van der Waals surface area (Å²) in [5.74, 6) is 0.164. The lowest BCUT2D eigenvalue weighted by atomic mass is 9.92. The van der Waals surface area contributed by atoms with Gasteiger partial charge in [0, 0.05) is 15.4 Å². The highest BCUT2D eigenvalue weighted by Gasteiger charge is 2.13. The fourth-order valence-electron chi connectivity index (χ4n) is 3.02. The maximum absolute atomic E-state index is 13.7. The summed E-state index contributed by atoms with van der Waals surface area (Å²) in [6, 6.07) is 15.1. The molecule has 0 aliphatic rings. The number of halogens is 2. The number of hydrogen-bond donors (Lipinski definition) is 0. The summed E-state index contributed by atoms with van der Waals surface area (Å²) in [5, 5.41) is 0.921. The molecule has 3 aromatic rings. The zero-order valence-corrected chi connectivity index (χ0v) is 14.9. The van der Waals surface area contributed by atoms with Gasteiger partial charge in [-0.2, -0.15) is 0 Å². The largest absolute Gasteiger partial charge is 0.248 e. The summed E-state index contributed by atoms with van der Waals surface area (Å²) in [6.45, 7) is 4.38. The first-order valence-electron chi connectivity index (χ1n) is 7.94. The average molecular weight is 372 g/mol. The van der Waals surface area contributed by atoms with Crippen molar-refractivity contribution in [3.8, 4) is 11.3 Å². The summed E-state index contributed by atoms with van der Waals surface area (Å²) in [5.41, 5.74) is 4.02. The molecule has 118 valence electrons. The molecule has 23 heavy (non-hydrogen) atoms. The van der Waals surface area contributed by atoms with Crippen molar-refractivity contribution >= 4 is 26.8 Å². The van der Waals surface area contributed by atoms with E-state index in [9.17, 15) is 4.39 Å². The highest BCUT2D eigenvalue weighted by molar-refractivity contribution is 9.10. The van der Waals surface area contributed by atoms with E-state index in [1.807, 2.05) is 12.1 Å². The van der Waals surface area contributed by atoms with Crippen LogP contribution in [0, 0.1) is 5.82 Å². The molecule has 0 radical (unpaired) electrons. The molecule has 0 N–H and O–H groups in total. The van der Waals surface area contributed by atoms with E-state index in [0.717, 1.165) is 39.5 Å². The van der Waals surface area contributed by atoms with Gasteiger partial charge in [-0.3, -0.25) is 0 Å². The number of aromatic nitrogens is 1. The molecule has 2 aromatic carbocycles. The van der Waals surface area contributed by atoms with Gasteiger partial charge < -0.3 is 0 Å². The van der Waals surface area contributed by atoms with Crippen molar-refractivity contribution in [1.29, 1.82) is 0 Å². The van der Waals surface area contributed by atoms with E-state index in [1.54, 1.807) is 12.1 Å². The first-order valence-corrected chi connectivity index (χ1v) is 8.74. The quantitative estimate of drug-likeness (QED) is 0.496. The SMILES string of the molecule is CCCC(C)c1cc(-c2cccc(Br)c2)nc2ccc(F)cc12. The number of rotatable bonds is 4. The molecule has 0 aliphatic carbocycles. The van der Waals surface area contributed by atoms with Gasteiger partial charge in [0.2, 0.25) is 0 Å². The first kappa shape index (κ1) is 16.1. The van der Waals surface area contributed by atoms with Gasteiger partial charge in [0.25, 0.3) is 0 Å². The van der Waals surface area contributed by atoms with Gasteiger partial charge in [-0.1, -0.05) is 48.3 Å². The van der Waals surface area contributed by atoms with Crippen LogP contribution in [-0.2, 0) is 0 Å². The molecule has 1 atom stereocenters. The predicted molar refractivity (Wildman–Crippen MR) is 98.2 cm³/mol. The molecule has 1 heterocycles. The molecule has 0 spiro atoms. The van der Waals surface area contributed by atoms with Gasteiger partial charge in [0.05, 0.1) is 11.2 Å². The fourth-order valence-corrected chi connectivity index (χ4v) is 3.42. The molecule has 1 nitrogen and oxygen atoms in total. The van der Waals surface area contributed by atoms with Gasteiger partial charge >= 0.3 is 0 Å². The number of fused-ring (bicyclic) bond motifs is 1. The highest BCUT2D eigenvalue weighted by Crippen LogP contribution is 2.32. The summed E-state index contributed by atoms with van der Waals surface area (Å²) >= 11 is 3.51. The molecule has 0 bridgehead atoms. The minimum absolute atomic E-state index is 0.209. The van der Waals surface area contributed by atoms with E-state index in [4.69, 9.17) is 4.98 Å². The maximum atomic E-state index is 13.7. The average Bonchev–Trinajstić information content (AvgIpc) is 2.54. The van der Waals surface area contributed by atoms with Crippen molar-refractivity contribution in [3.63, 3.8) is 0 Å². The summed E-state index contributed by atoms with van der Waals surface area (Å²) in [6.07, 6.45) is 2.18. The molecule has 1 aromatic heterocycles. The second kappa shape index (κ2) is 6.79. The summed E-state index contributed by atoms with van der Waals surface area (Å²) in [4.78, 5) is 4.74. The van der Waals surface area contributed by atoms with Crippen LogP contribution in [0.1, 0.15) is 38.2 Å². The maximum Gasteiger partial charge on any atom is 0.123 e. The van der Waals surface area contributed by atoms with Gasteiger partial charge in [0.1, 0.15) is 5.82 Å². The fraction of sp³-hybridized carbons (Fsp3) is 0.250. The lowest BCUT2D eigenvalue weighted by molar-refractivity contribution is 0.628. The van der Waals surface area contributed by atoms with Crippen LogP contribution < -0.4 is 0 Å². The predicted octanol–water partition coefficient (Wildman–Crippen LogP) is 6.71. The normalized spacial score (nSPS) is 12.5. The van der Waals surface area contributed by atoms with Crippen molar-refractivity contribution in [3.05, 3.63) is 64.4 Å². The van der Waals surface area contributed by atoms with E-state index in [1.165, 1.54) is 11.6 Å². The Kier molecular flexibility index (Phi) is 4.76. The zero-order chi connectivity index (χ0) is 16.4. The Morgan fingerprint density at radius 2 is 1.96 bits per heavy atom. The first-order chi connectivity index (χ1) is 11.1. The molecular weight excluding hydrogens is 353 g/mol. The van der Waals surface area contributed by atoms with Crippen molar-refractivity contribution in [2.24, 2.45) is 0 Å². The third-order valence-electron chi connectivity index (χ3n) is 4.18. The number of hydrogen-bond acceptors (Lipinski definition) is 1. The Morgan fingerprint density at radius 3 is 2.70 bits per heavy atom. The van der Waals surface area contributed by atoms with E-state index < -0.39 is 0 Å². The summed E-state index contributed by atoms with van der Waals surface area (Å²) in [7, 11) is 0. The van der Waals surface area contributed by atoms with Gasteiger partial charge in [-0.25, -0.2) is 9.37 Å². The minimum atomic E-state index is -0.209. The Labute approximate surface area is 144 Å². The lowest BCUT2D eigenvalue weighted by Crippen LogP contribution is -1.98. The van der Waals surface area contributed by atoms with Gasteiger partial charge in [-0.05, 0) is 54.3 Å². The molecule has 0 fully saturated rings. The van der Waals surface area contributed by atoms with Crippen molar-refractivity contribution in [2.45, 2.75) is 32.6 Å². The standard InChI is InChI=1S/C20H19BrFN/c1-3-5-13(2)17-12-20(14-6-4-7-15(21)10-14)23-19-9-8-16(22)11-18(17)19/h4,6-13H,3,5H2,1-2H3. The van der Waals surface area contributed by atoms with Crippen molar-refractivity contribution < 1.29 is 4.39 Å². The Bertz CT molecular complexity index is 844. The zero-order valence-electron chi connectivity index (χ0n) is 13.3. The molecule has 0 amide bonds. The van der Waals surface area contributed by atoms with Gasteiger partial charge in [0.15, 0.2) is 0 Å². The summed E-state index contributed by atoms with van der Waals surface area (Å²) < 4.78 is 14.7. The Balaban J connectivity index is 2.23. The van der Waals surface area contributed by atoms with Gasteiger partial charge in [-0.15, -0.1) is 0 Å². The van der Waals surface area contributed by atoms with Crippen LogP contribution in [0.2, 0.25) is 0 Å². The molecule has 0 saturated carbocycles. The van der Waals surface area contributed by atoms with Crippen LogP contribution in [0.3, 0.4) is 0 Å². The molecule has 1 unspecified atom stereocenters. The number of pyridine rings is 1. The van der Waals surface area contributed by atoms with Crippen LogP contribution in [0.25, 0.3) is 22.2 Å². The lowest BCUT2D eigenvalue weighted by Gasteiger charge is -2.16. The number of benzene rings is 2. The van der Waals surface area contributed by atoms with Crippen LogP contribution in [0.5, 0.6) is 0 Å². The van der Waals surface area contributed by atoms with Crippen LogP contribution in [0.4, 0.5) is 4.39 Å². The molecular formula is C20H19BrFN. The molecule has 0 aliphatic heterocycles. The van der Waals surface area contributed by atoms with Crippen LogP contribution in [-0.4, -0.2) is 4.98 Å². The molecule has 3 rings (SSSR count). The van der Waals surface area contributed by atoms with Crippen molar-refractivity contribution in [2.75, 3.05) is 0 Å². The van der Waals surface area contributed by atoms with E-state index in [2.05, 4.69) is 48.0 Å². The Morgan fingerprint density at radius 1 is 1.13 bits per heavy atom. The highest BCUT2D eigenvalue weighted by atomic mass is 79.9. The smallest absolute Gasteiger partial charge is 0.123 e. The molecule has 0 saturated heterocycles. The van der Waals surface area contributed by atoms with Crippen LogP contribution >= 0.6 is 15.9 Å². The molecule has 3 heteroatoms. The topological polar surface area (TPSA) is 12.9 Å². The monoisotopic (exact) mass is 371 g/mol. The minimum Gasteiger partial charge on any atom is -0.248 e. The van der Waals surface area contributed by atoms with E-state index in [0.29, 0.717) is 5.92 Å². The van der Waals surface area contributed by atoms with Crippen LogP contribution in [0.15, 0.2) is 53.0 Å². The third-order valence-corrected chi connectivity index (χ3v) is 4.67. The van der Waals surface area contributed by atoms with E-state index >= 15 is 0 Å². The third kappa shape index (κ3) is 3.45. The second-order valence-electron chi connectivity index (χ2n) is 5.96.